The van der Waals surface area contributed by atoms with Crippen molar-refractivity contribution in [3.63, 3.8) is 0 Å². The maximum Gasteiger partial charge on any atom is 0.130 e. The van der Waals surface area contributed by atoms with E-state index in [0.29, 0.717) is 10.6 Å². The maximum atomic E-state index is 10.2. The molecule has 0 spiro atoms. The molecule has 0 saturated heterocycles. The molecule has 2 N–H and O–H groups in total. The predicted molar refractivity (Wildman–Crippen MR) is 158 cm³/mol. The van der Waals surface area contributed by atoms with Crippen LogP contribution in [0.1, 0.15) is 55.0 Å². The smallest absolute Gasteiger partial charge is 0.130 e. The van der Waals surface area contributed by atoms with Gasteiger partial charge < -0.3 is 10.6 Å². The molecule has 5 nitrogen and oxygen atoms in total. The van der Waals surface area contributed by atoms with Gasteiger partial charge >= 0.3 is 0 Å². The molecule has 4 aromatic rings. The van der Waals surface area contributed by atoms with E-state index in [0.717, 1.165) is 34.6 Å². The van der Waals surface area contributed by atoms with Crippen LogP contribution in [0.15, 0.2) is 97.2 Å². The summed E-state index contributed by atoms with van der Waals surface area (Å²) in [5, 5.41) is 27.6. The molecule has 1 aromatic heterocycles. The molecular weight excluding hydrogens is 502 g/mol. The van der Waals surface area contributed by atoms with E-state index < -0.39 is 5.41 Å². The topological polar surface area (TPSA) is 84.5 Å². The van der Waals surface area contributed by atoms with Crippen LogP contribution in [0.2, 0.25) is 5.02 Å². The molecule has 0 saturated carbocycles. The first-order chi connectivity index (χ1) is 18.8. The quantitative estimate of drug-likeness (QED) is 0.216. The van der Waals surface area contributed by atoms with Crippen molar-refractivity contribution in [3.8, 4) is 12.1 Å². The number of rotatable bonds is 10. The van der Waals surface area contributed by atoms with Gasteiger partial charge in [-0.15, -0.1) is 0 Å². The molecule has 3 atom stereocenters. The normalized spacial score (nSPS) is 13.5. The van der Waals surface area contributed by atoms with Gasteiger partial charge in [-0.3, -0.25) is 0 Å². The van der Waals surface area contributed by atoms with Crippen LogP contribution in [0.25, 0.3) is 0 Å². The van der Waals surface area contributed by atoms with Crippen LogP contribution in [-0.4, -0.2) is 11.0 Å². The number of pyridine rings is 1. The zero-order valence-electron chi connectivity index (χ0n) is 22.4. The van der Waals surface area contributed by atoms with Gasteiger partial charge in [0.15, 0.2) is 0 Å². The van der Waals surface area contributed by atoms with Crippen LogP contribution in [0, 0.1) is 28.1 Å². The van der Waals surface area contributed by atoms with Crippen molar-refractivity contribution in [1.82, 2.24) is 10.3 Å². The first-order valence-electron chi connectivity index (χ1n) is 13.0. The van der Waals surface area contributed by atoms with Gasteiger partial charge in [0.2, 0.25) is 0 Å². The van der Waals surface area contributed by atoms with Crippen molar-refractivity contribution < 1.29 is 0 Å². The summed E-state index contributed by atoms with van der Waals surface area (Å²) in [5.41, 5.74) is 4.06. The number of nitrogens with one attached hydrogen (secondary N) is 2. The molecule has 0 fully saturated rings. The van der Waals surface area contributed by atoms with Crippen molar-refractivity contribution in [2.45, 2.75) is 45.2 Å². The maximum absolute atomic E-state index is 10.2. The number of hydrogen-bond donors (Lipinski definition) is 2. The highest BCUT2D eigenvalue weighted by Crippen LogP contribution is 2.37. The average molecular weight is 534 g/mol. The summed E-state index contributed by atoms with van der Waals surface area (Å²) in [6.45, 7) is 6.07. The Hall–Kier alpha value is -4.16. The summed E-state index contributed by atoms with van der Waals surface area (Å²) in [7, 11) is 0. The second-order valence-corrected chi connectivity index (χ2v) is 10.8. The molecule has 0 radical (unpaired) electrons. The molecule has 0 amide bonds. The van der Waals surface area contributed by atoms with Gasteiger partial charge in [-0.05, 0) is 92.4 Å². The largest absolute Gasteiger partial charge is 0.340 e. The van der Waals surface area contributed by atoms with Crippen LogP contribution >= 0.6 is 11.6 Å². The monoisotopic (exact) mass is 533 g/mol. The van der Waals surface area contributed by atoms with Crippen LogP contribution in [0.4, 0.5) is 11.5 Å². The Balaban J connectivity index is 1.67. The second kappa shape index (κ2) is 12.6. The summed E-state index contributed by atoms with van der Waals surface area (Å²) >= 11 is 6.15. The Bertz CT molecular complexity index is 1470. The molecule has 0 aliphatic carbocycles. The van der Waals surface area contributed by atoms with Crippen LogP contribution in [-0.2, 0) is 6.42 Å². The van der Waals surface area contributed by atoms with E-state index in [2.05, 4.69) is 52.9 Å². The lowest BCUT2D eigenvalue weighted by molar-refractivity contribution is 0.281. The first kappa shape index (κ1) is 27.9. The Morgan fingerprint density at radius 2 is 1.64 bits per heavy atom. The standard InChI is InChI=1S/C33H32ClN5/c1-23(30(19-24-13-15-28(34)16-14-24)26-9-6-8-25(18-26)21-35)38-32(33(2,3)22-36)27-10-7-11-29(20-27)39-31-12-4-5-17-37-31/h4-18,20,23,30,32,38H,19H2,1-3H3,(H,37,39)/t23-,30+,32?/m0/s1. The van der Waals surface area contributed by atoms with Gasteiger partial charge in [-0.2, -0.15) is 10.5 Å². The molecular formula is C33H32ClN5. The molecule has 1 unspecified atom stereocenters. The molecule has 1 heterocycles. The minimum absolute atomic E-state index is 0.0281. The van der Waals surface area contributed by atoms with Gasteiger partial charge in [0.1, 0.15) is 5.82 Å². The Morgan fingerprint density at radius 1 is 0.897 bits per heavy atom. The highest BCUT2D eigenvalue weighted by atomic mass is 35.5. The zero-order valence-corrected chi connectivity index (χ0v) is 23.2. The summed E-state index contributed by atoms with van der Waals surface area (Å²) in [5.74, 6) is 0.804. The second-order valence-electron chi connectivity index (χ2n) is 10.4. The molecule has 6 heteroatoms. The molecule has 0 aliphatic rings. The van der Waals surface area contributed by atoms with Crippen molar-refractivity contribution in [2.24, 2.45) is 5.41 Å². The van der Waals surface area contributed by atoms with E-state index in [4.69, 9.17) is 11.6 Å². The molecule has 39 heavy (non-hydrogen) atoms. The van der Waals surface area contributed by atoms with E-state index in [-0.39, 0.29) is 18.0 Å². The number of benzene rings is 3. The van der Waals surface area contributed by atoms with Crippen molar-refractivity contribution in [2.75, 3.05) is 5.32 Å². The number of aromatic nitrogens is 1. The lowest BCUT2D eigenvalue weighted by atomic mass is 9.79. The fourth-order valence-electron chi connectivity index (χ4n) is 4.84. The van der Waals surface area contributed by atoms with E-state index in [1.54, 1.807) is 6.20 Å². The minimum Gasteiger partial charge on any atom is -0.340 e. The van der Waals surface area contributed by atoms with Crippen LogP contribution < -0.4 is 10.6 Å². The zero-order chi connectivity index (χ0) is 27.8. The van der Waals surface area contributed by atoms with Gasteiger partial charge in [-0.25, -0.2) is 4.98 Å². The van der Waals surface area contributed by atoms with E-state index in [1.807, 2.05) is 86.6 Å². The first-order valence-corrected chi connectivity index (χ1v) is 13.4. The predicted octanol–water partition coefficient (Wildman–Crippen LogP) is 7.95. The van der Waals surface area contributed by atoms with Gasteiger partial charge in [-0.1, -0.05) is 54.1 Å². The summed E-state index contributed by atoms with van der Waals surface area (Å²) in [6.07, 6.45) is 2.50. The third-order valence-electron chi connectivity index (χ3n) is 7.01. The fourth-order valence-corrected chi connectivity index (χ4v) is 4.97. The fraction of sp³-hybridized carbons (Fsp3) is 0.242. The van der Waals surface area contributed by atoms with Gasteiger partial charge in [0.25, 0.3) is 0 Å². The van der Waals surface area contributed by atoms with Crippen molar-refractivity contribution in [1.29, 1.82) is 10.5 Å². The van der Waals surface area contributed by atoms with Gasteiger partial charge in [0, 0.05) is 28.9 Å². The van der Waals surface area contributed by atoms with Crippen molar-refractivity contribution >= 4 is 23.1 Å². The van der Waals surface area contributed by atoms with E-state index in [9.17, 15) is 10.5 Å². The summed E-state index contributed by atoms with van der Waals surface area (Å²) in [6, 6.07) is 34.0. The molecule has 3 aromatic carbocycles. The number of nitrogens with zero attached hydrogens (tertiary/aromatic N) is 3. The highest BCUT2D eigenvalue weighted by Gasteiger charge is 2.34. The van der Waals surface area contributed by atoms with Crippen LogP contribution in [0.3, 0.4) is 0 Å². The number of anilines is 2. The van der Waals surface area contributed by atoms with E-state index in [1.165, 1.54) is 0 Å². The summed E-state index contributed by atoms with van der Waals surface area (Å²) < 4.78 is 0. The minimum atomic E-state index is -0.697. The Morgan fingerprint density at radius 3 is 2.33 bits per heavy atom. The van der Waals surface area contributed by atoms with Crippen molar-refractivity contribution in [3.05, 3.63) is 124 Å². The molecule has 4 rings (SSSR count). The van der Waals surface area contributed by atoms with Gasteiger partial charge in [0.05, 0.1) is 29.2 Å². The third kappa shape index (κ3) is 7.24. The Labute approximate surface area is 236 Å². The number of nitriles is 2. The third-order valence-corrected chi connectivity index (χ3v) is 7.26. The number of hydrogen-bond acceptors (Lipinski definition) is 5. The lowest BCUT2D eigenvalue weighted by Crippen LogP contribution is -2.42. The lowest BCUT2D eigenvalue weighted by Gasteiger charge is -2.36. The van der Waals surface area contributed by atoms with E-state index >= 15 is 0 Å². The average Bonchev–Trinajstić information content (AvgIpc) is 2.96. The molecule has 0 bridgehead atoms. The van der Waals surface area contributed by atoms with Crippen LogP contribution in [0.5, 0.6) is 0 Å². The SMILES string of the molecule is C[C@H](NC(c1cccc(Nc2ccccn2)c1)C(C)(C)C#N)[C@@H](Cc1ccc(Cl)cc1)c1cccc(C#N)c1. The summed E-state index contributed by atoms with van der Waals surface area (Å²) in [4.78, 5) is 4.37. The molecule has 0 aliphatic heterocycles. The number of halogens is 1. The highest BCUT2D eigenvalue weighted by molar-refractivity contribution is 6.30. The molecule has 196 valence electrons. The Kier molecular flexibility index (Phi) is 8.99.